The van der Waals surface area contributed by atoms with Crippen molar-refractivity contribution < 1.29 is 22.4 Å². The Kier molecular flexibility index (Phi) is 2.45. The Morgan fingerprint density at radius 1 is 1.46 bits per heavy atom. The topological polar surface area (TPSA) is 54.3 Å². The number of rotatable bonds is 1. The summed E-state index contributed by atoms with van der Waals surface area (Å²) in [5.41, 5.74) is 0. The van der Waals surface area contributed by atoms with Crippen LogP contribution >= 0.6 is 0 Å². The Morgan fingerprint density at radius 3 is 2.62 bits per heavy atom. The predicted molar refractivity (Wildman–Crippen MR) is 36.9 cm³/mol. The van der Waals surface area contributed by atoms with Crippen molar-refractivity contribution in [3.8, 4) is 0 Å². The lowest BCUT2D eigenvalue weighted by molar-refractivity contribution is -0.144. The van der Waals surface area contributed by atoms with Crippen LogP contribution in [0.15, 0.2) is 22.8 Å². The molecule has 72 valence electrons. The number of nitrogens with one attached hydrogen (secondary N) is 2. The van der Waals surface area contributed by atoms with Crippen molar-refractivity contribution in [1.82, 2.24) is 5.32 Å². The van der Waals surface area contributed by atoms with Gasteiger partial charge in [0.1, 0.15) is 0 Å². The summed E-state index contributed by atoms with van der Waals surface area (Å²) in [6, 6.07) is 1.36. The van der Waals surface area contributed by atoms with Gasteiger partial charge in [-0.2, -0.15) is 13.2 Å². The van der Waals surface area contributed by atoms with Crippen LogP contribution in [0.5, 0.6) is 0 Å². The lowest BCUT2D eigenvalue weighted by atomic mass is 10.6. The second-order valence-corrected chi connectivity index (χ2v) is 2.05. The number of anilines is 1. The molecule has 1 heterocycles. The number of carbonyl (C=O) groups excluding carboxylic acids is 1. The zero-order chi connectivity index (χ0) is 9.90. The van der Waals surface area contributed by atoms with Gasteiger partial charge in [-0.05, 0) is 6.07 Å². The quantitative estimate of drug-likeness (QED) is 0.671. The van der Waals surface area contributed by atoms with E-state index in [1.54, 1.807) is 0 Å². The van der Waals surface area contributed by atoms with Crippen LogP contribution < -0.4 is 10.6 Å². The van der Waals surface area contributed by atoms with Gasteiger partial charge in [-0.3, -0.25) is 5.32 Å². The van der Waals surface area contributed by atoms with Crippen molar-refractivity contribution in [2.45, 2.75) is 6.30 Å². The first-order valence-corrected chi connectivity index (χ1v) is 3.17. The molecule has 0 saturated heterocycles. The van der Waals surface area contributed by atoms with Crippen LogP contribution in [0.25, 0.3) is 0 Å². The number of hydrogen-bond acceptors (Lipinski definition) is 2. The Morgan fingerprint density at radius 2 is 2.15 bits per heavy atom. The van der Waals surface area contributed by atoms with E-state index in [-0.39, 0.29) is 5.88 Å². The highest BCUT2D eigenvalue weighted by molar-refractivity contribution is 5.87. The molecule has 7 heteroatoms. The number of carbonyl (C=O) groups is 1. The zero-order valence-electron chi connectivity index (χ0n) is 6.18. The van der Waals surface area contributed by atoms with Gasteiger partial charge in [-0.1, -0.05) is 0 Å². The minimum Gasteiger partial charge on any atom is -0.449 e. The van der Waals surface area contributed by atoms with E-state index in [0.29, 0.717) is 0 Å². The molecule has 2 N–H and O–H groups in total. The molecule has 0 atom stereocenters. The third-order valence-electron chi connectivity index (χ3n) is 1.01. The summed E-state index contributed by atoms with van der Waals surface area (Å²) in [5, 5.41) is 2.59. The van der Waals surface area contributed by atoms with Crippen molar-refractivity contribution in [3.63, 3.8) is 0 Å². The largest absolute Gasteiger partial charge is 0.485 e. The van der Waals surface area contributed by atoms with E-state index in [0.717, 1.165) is 5.32 Å². The van der Waals surface area contributed by atoms with Gasteiger partial charge in [0.2, 0.25) is 5.88 Å². The third kappa shape index (κ3) is 3.50. The highest BCUT2D eigenvalue weighted by Crippen LogP contribution is 2.11. The van der Waals surface area contributed by atoms with Gasteiger partial charge in [0.05, 0.1) is 6.26 Å². The first kappa shape index (κ1) is 9.43. The molecular weight excluding hydrogens is 189 g/mol. The molecule has 0 aliphatic carbocycles. The molecule has 0 aliphatic rings. The summed E-state index contributed by atoms with van der Waals surface area (Å²) in [4.78, 5) is 10.5. The Labute approximate surface area is 70.7 Å². The number of furan rings is 1. The van der Waals surface area contributed by atoms with E-state index >= 15 is 0 Å². The predicted octanol–water partition coefficient (Wildman–Crippen LogP) is 1.92. The van der Waals surface area contributed by atoms with E-state index in [1.165, 1.54) is 18.4 Å². The lowest BCUT2D eigenvalue weighted by Crippen LogP contribution is -2.40. The van der Waals surface area contributed by atoms with Gasteiger partial charge >= 0.3 is 12.3 Å². The molecule has 0 aromatic carbocycles. The van der Waals surface area contributed by atoms with Gasteiger partial charge < -0.3 is 4.42 Å². The molecule has 0 radical (unpaired) electrons. The van der Waals surface area contributed by atoms with Crippen LogP contribution in [0.4, 0.5) is 23.8 Å². The molecule has 0 bridgehead atoms. The molecule has 0 saturated carbocycles. The Balaban J connectivity index is 2.43. The summed E-state index contributed by atoms with van der Waals surface area (Å²) in [5.74, 6) is -0.0539. The number of alkyl halides is 3. The second kappa shape index (κ2) is 3.38. The minimum absolute atomic E-state index is 0.0539. The smallest absolute Gasteiger partial charge is 0.449 e. The van der Waals surface area contributed by atoms with Gasteiger partial charge in [0.25, 0.3) is 0 Å². The number of halogens is 3. The molecule has 4 nitrogen and oxygen atoms in total. The molecule has 13 heavy (non-hydrogen) atoms. The normalized spacial score (nSPS) is 11.0. The number of hydrogen-bond donors (Lipinski definition) is 2. The van der Waals surface area contributed by atoms with E-state index in [2.05, 4.69) is 4.42 Å². The molecule has 0 spiro atoms. The number of amides is 2. The maximum atomic E-state index is 11.5. The molecule has 0 fully saturated rings. The average Bonchev–Trinajstić information content (AvgIpc) is 2.34. The summed E-state index contributed by atoms with van der Waals surface area (Å²) < 4.78 is 39.2. The summed E-state index contributed by atoms with van der Waals surface area (Å²) in [7, 11) is 0. The standard InChI is InChI=1S/C6H5F3N2O2/c7-6(8,9)11-5(12)10-4-2-1-3-13-4/h1-3H,(H2,10,11,12). The Bertz CT molecular complexity index is 281. The molecule has 1 aromatic rings. The molecule has 2 amide bonds. The van der Waals surface area contributed by atoms with Gasteiger partial charge in [0.15, 0.2) is 0 Å². The fourth-order valence-electron chi connectivity index (χ4n) is 0.622. The lowest BCUT2D eigenvalue weighted by Gasteiger charge is -2.07. The molecule has 0 unspecified atom stereocenters. The van der Waals surface area contributed by atoms with Crippen LogP contribution in [0.3, 0.4) is 0 Å². The van der Waals surface area contributed by atoms with E-state index in [9.17, 15) is 18.0 Å². The van der Waals surface area contributed by atoms with Crippen molar-refractivity contribution in [3.05, 3.63) is 18.4 Å². The van der Waals surface area contributed by atoms with Crippen LogP contribution in [0, 0.1) is 0 Å². The van der Waals surface area contributed by atoms with Crippen molar-refractivity contribution in [1.29, 1.82) is 0 Å². The van der Waals surface area contributed by atoms with Crippen LogP contribution in [0.1, 0.15) is 0 Å². The van der Waals surface area contributed by atoms with E-state index < -0.39 is 12.3 Å². The molecule has 1 aromatic heterocycles. The van der Waals surface area contributed by atoms with Crippen molar-refractivity contribution >= 4 is 11.9 Å². The minimum atomic E-state index is -4.74. The SMILES string of the molecule is O=C(Nc1ccco1)NC(F)(F)F. The van der Waals surface area contributed by atoms with Gasteiger partial charge in [-0.25, -0.2) is 10.1 Å². The molecule has 1 rings (SSSR count). The summed E-state index contributed by atoms with van der Waals surface area (Å²) >= 11 is 0. The maximum Gasteiger partial charge on any atom is 0.485 e. The Hall–Kier alpha value is -1.66. The molecule has 0 aliphatic heterocycles. The monoisotopic (exact) mass is 194 g/mol. The summed E-state index contributed by atoms with van der Waals surface area (Å²) in [6.45, 7) is 0. The van der Waals surface area contributed by atoms with E-state index in [4.69, 9.17) is 0 Å². The fraction of sp³-hybridized carbons (Fsp3) is 0.167. The molecular formula is C6H5F3N2O2. The fourth-order valence-corrected chi connectivity index (χ4v) is 0.622. The zero-order valence-corrected chi connectivity index (χ0v) is 6.18. The number of urea groups is 1. The second-order valence-electron chi connectivity index (χ2n) is 2.05. The van der Waals surface area contributed by atoms with Crippen molar-refractivity contribution in [2.24, 2.45) is 0 Å². The van der Waals surface area contributed by atoms with Gasteiger partial charge in [-0.15, -0.1) is 0 Å². The highest BCUT2D eigenvalue weighted by Gasteiger charge is 2.30. The first-order chi connectivity index (χ1) is 5.97. The van der Waals surface area contributed by atoms with Crippen LogP contribution in [-0.4, -0.2) is 12.3 Å². The van der Waals surface area contributed by atoms with Gasteiger partial charge in [0, 0.05) is 6.07 Å². The summed E-state index contributed by atoms with van der Waals surface area (Å²) in [6.07, 6.45) is -3.51. The van der Waals surface area contributed by atoms with Crippen molar-refractivity contribution in [2.75, 3.05) is 5.32 Å². The average molecular weight is 194 g/mol. The van der Waals surface area contributed by atoms with Crippen LogP contribution in [0.2, 0.25) is 0 Å². The first-order valence-electron chi connectivity index (χ1n) is 3.17. The maximum absolute atomic E-state index is 11.5. The van der Waals surface area contributed by atoms with E-state index in [1.807, 2.05) is 5.32 Å². The highest BCUT2D eigenvalue weighted by atomic mass is 19.4. The van der Waals surface area contributed by atoms with Crippen LogP contribution in [-0.2, 0) is 0 Å². The third-order valence-corrected chi connectivity index (χ3v) is 1.01.